The SMILES string of the molecule is C=CC(=O)N(C)C.OC(O)=S. The van der Waals surface area contributed by atoms with E-state index in [0.29, 0.717) is 0 Å². The molecule has 0 atom stereocenters. The van der Waals surface area contributed by atoms with Gasteiger partial charge < -0.3 is 15.1 Å². The number of carbonyl (C=O) groups excluding carboxylic acids is 1. The van der Waals surface area contributed by atoms with Crippen molar-refractivity contribution in [3.8, 4) is 0 Å². The third-order valence-corrected chi connectivity index (χ3v) is 0.615. The zero-order valence-electron chi connectivity index (χ0n) is 6.44. The maximum absolute atomic E-state index is 10.3. The summed E-state index contributed by atoms with van der Waals surface area (Å²) in [6, 6.07) is 0. The highest BCUT2D eigenvalue weighted by Gasteiger charge is 1.91. The predicted octanol–water partition coefficient (Wildman–Crippen LogP) is 0.648. The van der Waals surface area contributed by atoms with Crippen LogP contribution in [0.15, 0.2) is 12.7 Å². The number of rotatable bonds is 1. The lowest BCUT2D eigenvalue weighted by Gasteiger charge is -2.03. The van der Waals surface area contributed by atoms with Gasteiger partial charge in [-0.3, -0.25) is 4.79 Å². The molecule has 0 aromatic rings. The van der Waals surface area contributed by atoms with Crippen LogP contribution in [0.4, 0.5) is 0 Å². The van der Waals surface area contributed by atoms with Gasteiger partial charge in [-0.1, -0.05) is 6.58 Å². The predicted molar refractivity (Wildman–Crippen MR) is 46.7 cm³/mol. The average Bonchev–Trinajstić information content (AvgIpc) is 1.85. The van der Waals surface area contributed by atoms with Gasteiger partial charge in [-0.25, -0.2) is 0 Å². The molecular formula is C6H11NO3S. The van der Waals surface area contributed by atoms with Crippen LogP contribution < -0.4 is 0 Å². The van der Waals surface area contributed by atoms with E-state index in [1.807, 2.05) is 0 Å². The second-order valence-corrected chi connectivity index (χ2v) is 2.08. The summed E-state index contributed by atoms with van der Waals surface area (Å²) < 4.78 is 0. The van der Waals surface area contributed by atoms with Crippen molar-refractivity contribution in [1.29, 1.82) is 0 Å². The Labute approximate surface area is 70.7 Å². The van der Waals surface area contributed by atoms with Gasteiger partial charge in [0.2, 0.25) is 5.91 Å². The number of likely N-dealkylation sites (N-methyl/N-ethyl adjacent to an activating group) is 1. The maximum Gasteiger partial charge on any atom is 0.347 e. The summed E-state index contributed by atoms with van der Waals surface area (Å²) in [6.07, 6.45) is 1.28. The minimum atomic E-state index is -1.000. The van der Waals surface area contributed by atoms with E-state index in [1.54, 1.807) is 14.1 Å². The smallest absolute Gasteiger partial charge is 0.347 e. The third-order valence-electron chi connectivity index (χ3n) is 0.615. The summed E-state index contributed by atoms with van der Waals surface area (Å²) in [5.41, 5.74) is 0. The van der Waals surface area contributed by atoms with E-state index >= 15 is 0 Å². The van der Waals surface area contributed by atoms with Crippen LogP contribution in [0.5, 0.6) is 0 Å². The number of aliphatic hydroxyl groups excluding tert-OH is 1. The van der Waals surface area contributed by atoms with Gasteiger partial charge in [0.25, 0.3) is 0 Å². The molecular weight excluding hydrogens is 166 g/mol. The molecule has 4 nitrogen and oxygen atoms in total. The van der Waals surface area contributed by atoms with Gasteiger partial charge in [0, 0.05) is 26.3 Å². The Morgan fingerprint density at radius 1 is 1.55 bits per heavy atom. The zero-order chi connectivity index (χ0) is 9.44. The first kappa shape index (κ1) is 12.6. The summed E-state index contributed by atoms with van der Waals surface area (Å²) in [5.74, 6) is -0.0556. The quantitative estimate of drug-likeness (QED) is 0.456. The minimum Gasteiger partial charge on any atom is -0.473 e. The molecule has 0 saturated carbocycles. The molecule has 0 spiro atoms. The van der Waals surface area contributed by atoms with E-state index in [0.717, 1.165) is 0 Å². The monoisotopic (exact) mass is 177 g/mol. The van der Waals surface area contributed by atoms with Crippen molar-refractivity contribution in [3.05, 3.63) is 12.7 Å². The maximum atomic E-state index is 10.3. The summed E-state index contributed by atoms with van der Waals surface area (Å²) in [4.78, 5) is 11.8. The largest absolute Gasteiger partial charge is 0.473 e. The van der Waals surface area contributed by atoms with Gasteiger partial charge in [-0.15, -0.1) is 0 Å². The van der Waals surface area contributed by atoms with Crippen LogP contribution in [0.1, 0.15) is 0 Å². The number of carbonyl (C=O) groups is 1. The van der Waals surface area contributed by atoms with Gasteiger partial charge in [-0.05, 0) is 6.08 Å². The van der Waals surface area contributed by atoms with Crippen molar-refractivity contribution in [2.45, 2.75) is 0 Å². The van der Waals surface area contributed by atoms with E-state index in [2.05, 4.69) is 18.8 Å². The van der Waals surface area contributed by atoms with Crippen molar-refractivity contribution in [3.63, 3.8) is 0 Å². The number of thiocarbonyl (C=S) groups is 1. The molecule has 0 rings (SSSR count). The Morgan fingerprint density at radius 3 is 1.82 bits per heavy atom. The minimum absolute atomic E-state index is 0.0556. The molecule has 0 aliphatic rings. The van der Waals surface area contributed by atoms with E-state index < -0.39 is 5.24 Å². The van der Waals surface area contributed by atoms with Crippen LogP contribution in [-0.2, 0) is 4.79 Å². The molecule has 0 unspecified atom stereocenters. The number of aliphatic hydroxyl groups is 2. The van der Waals surface area contributed by atoms with E-state index in [1.165, 1.54) is 11.0 Å². The highest BCUT2D eigenvalue weighted by Crippen LogP contribution is 1.74. The van der Waals surface area contributed by atoms with E-state index in [-0.39, 0.29) is 5.91 Å². The lowest BCUT2D eigenvalue weighted by Crippen LogP contribution is -2.18. The first-order chi connectivity index (χ1) is 4.91. The highest BCUT2D eigenvalue weighted by molar-refractivity contribution is 7.79. The van der Waals surface area contributed by atoms with Gasteiger partial charge >= 0.3 is 5.24 Å². The molecule has 5 heteroatoms. The van der Waals surface area contributed by atoms with Crippen molar-refractivity contribution >= 4 is 23.4 Å². The van der Waals surface area contributed by atoms with Crippen LogP contribution in [-0.4, -0.2) is 40.4 Å². The Balaban J connectivity index is 0. The number of hydrogen-bond donors (Lipinski definition) is 2. The molecule has 0 aliphatic heterocycles. The molecule has 64 valence electrons. The van der Waals surface area contributed by atoms with Crippen molar-refractivity contribution in [2.75, 3.05) is 14.1 Å². The molecule has 2 N–H and O–H groups in total. The number of amides is 1. The highest BCUT2D eigenvalue weighted by atomic mass is 32.1. The van der Waals surface area contributed by atoms with Crippen molar-refractivity contribution in [2.24, 2.45) is 0 Å². The molecule has 0 fully saturated rings. The molecule has 0 heterocycles. The normalized spacial score (nSPS) is 7.09. The van der Waals surface area contributed by atoms with Crippen molar-refractivity contribution in [1.82, 2.24) is 4.90 Å². The number of nitrogens with zero attached hydrogens (tertiary/aromatic N) is 1. The molecule has 0 radical (unpaired) electrons. The standard InChI is InChI=1S/C5H9NO.CH2O2S/c1-4-5(7)6(2)3;2-1(3)4/h4H,1H2,2-3H3;(H2,2,3,4). The Hall–Kier alpha value is -1.10. The third kappa shape index (κ3) is 17.6. The van der Waals surface area contributed by atoms with Crippen LogP contribution in [0.2, 0.25) is 0 Å². The Kier molecular flexibility index (Phi) is 8.01. The fraction of sp³-hybridized carbons (Fsp3) is 0.333. The molecule has 0 aromatic heterocycles. The summed E-state index contributed by atoms with van der Waals surface area (Å²) in [6.45, 7) is 3.29. The van der Waals surface area contributed by atoms with Gasteiger partial charge in [0.15, 0.2) is 0 Å². The molecule has 0 saturated heterocycles. The first-order valence-electron chi connectivity index (χ1n) is 2.67. The average molecular weight is 177 g/mol. The second-order valence-electron chi connectivity index (χ2n) is 1.72. The van der Waals surface area contributed by atoms with Gasteiger partial charge in [0.1, 0.15) is 0 Å². The summed E-state index contributed by atoms with van der Waals surface area (Å²) in [7, 11) is 3.37. The topological polar surface area (TPSA) is 60.8 Å². The first-order valence-corrected chi connectivity index (χ1v) is 3.08. The molecule has 0 bridgehead atoms. The molecule has 11 heavy (non-hydrogen) atoms. The lowest BCUT2D eigenvalue weighted by atomic mass is 10.5. The van der Waals surface area contributed by atoms with Crippen molar-refractivity contribution < 1.29 is 15.0 Å². The van der Waals surface area contributed by atoms with Crippen LogP contribution in [0.25, 0.3) is 0 Å². The Bertz CT molecular complexity index is 152. The van der Waals surface area contributed by atoms with E-state index in [9.17, 15) is 4.79 Å². The van der Waals surface area contributed by atoms with E-state index in [4.69, 9.17) is 10.2 Å². The lowest BCUT2D eigenvalue weighted by molar-refractivity contribution is -0.123. The van der Waals surface area contributed by atoms with Crippen LogP contribution in [0.3, 0.4) is 0 Å². The van der Waals surface area contributed by atoms with Crippen LogP contribution >= 0.6 is 12.2 Å². The molecule has 1 amide bonds. The molecule has 0 aliphatic carbocycles. The fourth-order valence-corrected chi connectivity index (χ4v) is 0.183. The summed E-state index contributed by atoms with van der Waals surface area (Å²) in [5, 5.41) is 13.7. The summed E-state index contributed by atoms with van der Waals surface area (Å²) >= 11 is 3.65. The fourth-order valence-electron chi connectivity index (χ4n) is 0.183. The second kappa shape index (κ2) is 7.01. The zero-order valence-corrected chi connectivity index (χ0v) is 7.26. The Morgan fingerprint density at radius 2 is 1.82 bits per heavy atom. The van der Waals surface area contributed by atoms with Gasteiger partial charge in [-0.2, -0.15) is 0 Å². The van der Waals surface area contributed by atoms with Gasteiger partial charge in [0.05, 0.1) is 0 Å². The number of hydrogen-bond acceptors (Lipinski definition) is 2. The van der Waals surface area contributed by atoms with Crippen LogP contribution in [0, 0.1) is 0 Å². The molecule has 0 aromatic carbocycles.